The van der Waals surface area contributed by atoms with Crippen molar-refractivity contribution in [1.82, 2.24) is 29.0 Å². The van der Waals surface area contributed by atoms with E-state index in [1.54, 1.807) is 25.5 Å². The Kier molecular flexibility index (Phi) is 6.39. The van der Waals surface area contributed by atoms with Crippen LogP contribution in [0.2, 0.25) is 0 Å². The number of nitrogens with one attached hydrogen (secondary N) is 1. The standard InChI is InChI=1S/C16H22N8O3S.BrH/c1-21-12-13-14(20-21)28(26,27)24(16(25)19-13)7-3-6-22-8-10-23(11-9-22)15-17-4-2-5-18-15;/h2,4-5,12H,3,6-11H2,1H3,(H,19,25);1H. The van der Waals surface area contributed by atoms with Crippen molar-refractivity contribution in [3.05, 3.63) is 24.7 Å². The summed E-state index contributed by atoms with van der Waals surface area (Å²) in [5, 5.41) is 6.45. The molecule has 11 nitrogen and oxygen atoms in total. The lowest BCUT2D eigenvalue weighted by atomic mass is 10.3. The van der Waals surface area contributed by atoms with Crippen LogP contribution >= 0.6 is 17.0 Å². The second kappa shape index (κ2) is 8.63. The summed E-state index contributed by atoms with van der Waals surface area (Å²) in [5.41, 5.74) is 0.225. The molecule has 1 saturated heterocycles. The molecular weight excluding hydrogens is 464 g/mol. The number of amides is 2. The van der Waals surface area contributed by atoms with Crippen LogP contribution in [0.5, 0.6) is 0 Å². The number of rotatable bonds is 5. The van der Waals surface area contributed by atoms with Crippen LogP contribution in [0.4, 0.5) is 16.4 Å². The highest BCUT2D eigenvalue weighted by molar-refractivity contribution is 8.93. The zero-order valence-corrected chi connectivity index (χ0v) is 18.5. The fourth-order valence-corrected chi connectivity index (χ4v) is 4.88. The van der Waals surface area contributed by atoms with Crippen molar-refractivity contribution in [2.75, 3.05) is 49.5 Å². The summed E-state index contributed by atoms with van der Waals surface area (Å²) in [7, 11) is -2.30. The number of urea groups is 1. The number of piperazine rings is 1. The minimum Gasteiger partial charge on any atom is -0.338 e. The van der Waals surface area contributed by atoms with Gasteiger partial charge in [0.15, 0.2) is 0 Å². The van der Waals surface area contributed by atoms with Crippen LogP contribution in [0.25, 0.3) is 0 Å². The molecular formula is C16H23BrN8O3S. The number of hydrogen-bond acceptors (Lipinski definition) is 8. The topological polar surface area (TPSA) is 117 Å². The molecule has 2 aromatic heterocycles. The summed E-state index contributed by atoms with van der Waals surface area (Å²) in [6.45, 7) is 4.11. The van der Waals surface area contributed by atoms with Crippen LogP contribution in [0.1, 0.15) is 6.42 Å². The van der Waals surface area contributed by atoms with Crippen LogP contribution in [-0.2, 0) is 17.1 Å². The first-order chi connectivity index (χ1) is 13.4. The molecule has 0 aliphatic carbocycles. The second-order valence-corrected chi connectivity index (χ2v) is 8.54. The number of halogens is 1. The Morgan fingerprint density at radius 1 is 1.10 bits per heavy atom. The van der Waals surface area contributed by atoms with Crippen LogP contribution in [0, 0.1) is 0 Å². The maximum absolute atomic E-state index is 12.7. The van der Waals surface area contributed by atoms with E-state index >= 15 is 0 Å². The molecule has 0 aromatic carbocycles. The molecule has 13 heteroatoms. The molecule has 0 bridgehead atoms. The van der Waals surface area contributed by atoms with Gasteiger partial charge in [-0.2, -0.15) is 13.5 Å². The molecule has 2 amide bonds. The van der Waals surface area contributed by atoms with E-state index in [2.05, 4.69) is 30.2 Å². The monoisotopic (exact) mass is 486 g/mol. The van der Waals surface area contributed by atoms with Gasteiger partial charge in [-0.1, -0.05) is 0 Å². The molecule has 1 fully saturated rings. The Hall–Kier alpha value is -2.25. The molecule has 1 N–H and O–H groups in total. The molecule has 4 rings (SSSR count). The molecule has 0 saturated carbocycles. The summed E-state index contributed by atoms with van der Waals surface area (Å²) in [5.74, 6) is 0.726. The maximum Gasteiger partial charge on any atom is 0.335 e. The third-order valence-electron chi connectivity index (χ3n) is 4.84. The average molecular weight is 487 g/mol. The third-order valence-corrected chi connectivity index (χ3v) is 6.56. The summed E-state index contributed by atoms with van der Waals surface area (Å²) in [6, 6.07) is 1.16. The molecule has 0 unspecified atom stereocenters. The van der Waals surface area contributed by atoms with Gasteiger partial charge in [-0.3, -0.25) is 9.58 Å². The fraction of sp³-hybridized carbons (Fsp3) is 0.500. The number of anilines is 2. The molecule has 0 spiro atoms. The minimum absolute atomic E-state index is 0. The summed E-state index contributed by atoms with van der Waals surface area (Å²) >= 11 is 0. The quantitative estimate of drug-likeness (QED) is 0.650. The van der Waals surface area contributed by atoms with Gasteiger partial charge in [0.2, 0.25) is 11.0 Å². The van der Waals surface area contributed by atoms with E-state index in [1.807, 2.05) is 0 Å². The third kappa shape index (κ3) is 4.36. The fourth-order valence-electron chi connectivity index (χ4n) is 3.42. The lowest BCUT2D eigenvalue weighted by Crippen LogP contribution is -2.48. The van der Waals surface area contributed by atoms with Gasteiger partial charge in [-0.05, 0) is 12.5 Å². The largest absolute Gasteiger partial charge is 0.338 e. The minimum atomic E-state index is -3.91. The van der Waals surface area contributed by atoms with E-state index in [0.29, 0.717) is 13.0 Å². The molecule has 2 aliphatic heterocycles. The first-order valence-electron chi connectivity index (χ1n) is 9.07. The Labute approximate surface area is 179 Å². The molecule has 158 valence electrons. The number of carbonyl (C=O) groups excluding carboxylic acids is 1. The van der Waals surface area contributed by atoms with Crippen LogP contribution in [-0.4, -0.2) is 82.7 Å². The smallest absolute Gasteiger partial charge is 0.335 e. The van der Waals surface area contributed by atoms with Crippen molar-refractivity contribution in [2.24, 2.45) is 7.05 Å². The average Bonchev–Trinajstić information content (AvgIpc) is 3.07. The molecule has 0 radical (unpaired) electrons. The van der Waals surface area contributed by atoms with E-state index < -0.39 is 16.1 Å². The highest BCUT2D eigenvalue weighted by Gasteiger charge is 2.39. The maximum atomic E-state index is 12.7. The van der Waals surface area contributed by atoms with Gasteiger partial charge < -0.3 is 10.2 Å². The lowest BCUT2D eigenvalue weighted by Gasteiger charge is -2.35. The van der Waals surface area contributed by atoms with Gasteiger partial charge in [0.25, 0.3) is 10.0 Å². The zero-order chi connectivity index (χ0) is 19.7. The summed E-state index contributed by atoms with van der Waals surface area (Å²) < 4.78 is 27.6. The van der Waals surface area contributed by atoms with E-state index in [0.717, 1.165) is 36.4 Å². The van der Waals surface area contributed by atoms with Gasteiger partial charge in [-0.15, -0.1) is 17.0 Å². The van der Waals surface area contributed by atoms with E-state index in [-0.39, 0.29) is 34.2 Å². The van der Waals surface area contributed by atoms with Gasteiger partial charge in [0, 0.05) is 64.9 Å². The Morgan fingerprint density at radius 2 is 1.79 bits per heavy atom. The first kappa shape index (κ1) is 21.5. The van der Waals surface area contributed by atoms with Crippen molar-refractivity contribution < 1.29 is 13.2 Å². The molecule has 2 aliphatic rings. The molecule has 0 atom stereocenters. The van der Waals surface area contributed by atoms with Crippen LogP contribution < -0.4 is 10.2 Å². The number of hydrogen-bond donors (Lipinski definition) is 1. The van der Waals surface area contributed by atoms with Gasteiger partial charge >= 0.3 is 6.03 Å². The Morgan fingerprint density at radius 3 is 2.48 bits per heavy atom. The predicted octanol–water partition coefficient (Wildman–Crippen LogP) is 0.536. The Balaban J connectivity index is 0.00000240. The molecule has 2 aromatic rings. The summed E-state index contributed by atoms with van der Waals surface area (Å²) in [6.07, 6.45) is 5.49. The normalized spacial score (nSPS) is 18.7. The van der Waals surface area contributed by atoms with E-state index in [9.17, 15) is 13.2 Å². The Bertz CT molecular complexity index is 960. The highest BCUT2D eigenvalue weighted by Crippen LogP contribution is 2.28. The lowest BCUT2D eigenvalue weighted by molar-refractivity contribution is 0.225. The van der Waals surface area contributed by atoms with Crippen molar-refractivity contribution >= 4 is 44.7 Å². The second-order valence-electron chi connectivity index (χ2n) is 6.76. The van der Waals surface area contributed by atoms with Crippen molar-refractivity contribution in [3.63, 3.8) is 0 Å². The predicted molar refractivity (Wildman–Crippen MR) is 112 cm³/mol. The van der Waals surface area contributed by atoms with E-state index in [4.69, 9.17) is 0 Å². The van der Waals surface area contributed by atoms with E-state index in [1.165, 1.54) is 10.9 Å². The number of fused-ring (bicyclic) bond motifs is 1. The highest BCUT2D eigenvalue weighted by atomic mass is 79.9. The van der Waals surface area contributed by atoms with Gasteiger partial charge in [0.05, 0.1) is 0 Å². The van der Waals surface area contributed by atoms with Crippen LogP contribution in [0.15, 0.2) is 29.7 Å². The number of sulfonamides is 1. The number of carbonyl (C=O) groups is 1. The van der Waals surface area contributed by atoms with Crippen molar-refractivity contribution in [2.45, 2.75) is 11.4 Å². The van der Waals surface area contributed by atoms with Gasteiger partial charge in [-0.25, -0.2) is 19.1 Å². The number of nitrogens with zero attached hydrogens (tertiary/aromatic N) is 7. The molecule has 4 heterocycles. The summed E-state index contributed by atoms with van der Waals surface area (Å²) in [4.78, 5) is 25.1. The first-order valence-corrected chi connectivity index (χ1v) is 10.5. The van der Waals surface area contributed by atoms with Crippen molar-refractivity contribution in [1.29, 1.82) is 0 Å². The number of aryl methyl sites for hydroxylation is 1. The van der Waals surface area contributed by atoms with Crippen molar-refractivity contribution in [3.8, 4) is 0 Å². The molecule has 29 heavy (non-hydrogen) atoms. The van der Waals surface area contributed by atoms with Crippen LogP contribution in [0.3, 0.4) is 0 Å². The SMILES string of the molecule is Br.Cn1cc2c(n1)S(=O)(=O)N(CCCN1CCN(c3ncccn3)CC1)C(=O)N2. The number of aromatic nitrogens is 4. The van der Waals surface area contributed by atoms with Gasteiger partial charge in [0.1, 0.15) is 5.69 Å². The zero-order valence-electron chi connectivity index (χ0n) is 15.9.